The number of nitrogens with one attached hydrogen (secondary N) is 1. The van der Waals surface area contributed by atoms with E-state index in [1.54, 1.807) is 6.07 Å². The maximum atomic E-state index is 14.1. The number of aryl methyl sites for hydroxylation is 1. The molecule has 1 saturated carbocycles. The van der Waals surface area contributed by atoms with E-state index < -0.39 is 29.6 Å². The van der Waals surface area contributed by atoms with E-state index in [0.717, 1.165) is 48.1 Å². The van der Waals surface area contributed by atoms with Gasteiger partial charge in [-0.25, -0.2) is 8.78 Å². The van der Waals surface area contributed by atoms with Gasteiger partial charge in [0.05, 0.1) is 12.0 Å². The fourth-order valence-electron chi connectivity index (χ4n) is 5.99. The molecule has 0 aliphatic heterocycles. The van der Waals surface area contributed by atoms with Crippen LogP contribution < -0.4 is 29.3 Å². The summed E-state index contributed by atoms with van der Waals surface area (Å²) in [6, 6.07) is 15.9. The number of amides is 1. The largest absolute Gasteiger partial charge is 1.00 e. The van der Waals surface area contributed by atoms with Crippen LogP contribution in [0.2, 0.25) is 0 Å². The number of rotatable bonds is 13. The minimum atomic E-state index is -1.31. The molecule has 9 heteroatoms. The second-order valence-electron chi connectivity index (χ2n) is 11.9. The molecule has 1 fully saturated rings. The van der Waals surface area contributed by atoms with Crippen LogP contribution in [0.4, 0.5) is 8.78 Å². The summed E-state index contributed by atoms with van der Waals surface area (Å²) in [6.07, 6.45) is 6.75. The van der Waals surface area contributed by atoms with E-state index in [1.165, 1.54) is 36.7 Å². The van der Waals surface area contributed by atoms with Crippen LogP contribution in [0.3, 0.4) is 0 Å². The molecule has 3 aromatic rings. The molecule has 0 heterocycles. The summed E-state index contributed by atoms with van der Waals surface area (Å²) in [5, 5.41) is 14.4. The summed E-state index contributed by atoms with van der Waals surface area (Å²) in [4.78, 5) is 27.4. The number of hydrogen-bond acceptors (Lipinski definition) is 5. The Morgan fingerprint density at radius 2 is 1.61 bits per heavy atom. The van der Waals surface area contributed by atoms with Gasteiger partial charge >= 0.3 is 18.9 Å². The van der Waals surface area contributed by atoms with Crippen molar-refractivity contribution in [3.8, 4) is 11.1 Å². The third kappa shape index (κ3) is 10.2. The summed E-state index contributed by atoms with van der Waals surface area (Å²) in [7, 11) is 0. The predicted octanol–water partition coefficient (Wildman–Crippen LogP) is 3.37. The van der Waals surface area contributed by atoms with Crippen LogP contribution in [0.1, 0.15) is 66.1 Å². The van der Waals surface area contributed by atoms with Gasteiger partial charge in [0.25, 0.3) is 5.91 Å². The molecule has 1 N–H and O–H groups in total. The predicted molar refractivity (Wildman–Crippen MR) is 167 cm³/mol. The van der Waals surface area contributed by atoms with Crippen molar-refractivity contribution in [2.45, 2.75) is 65.1 Å². The molecule has 1 aliphatic rings. The van der Waals surface area contributed by atoms with Gasteiger partial charge < -0.3 is 15.2 Å². The minimum Gasteiger partial charge on any atom is -0.548 e. The van der Waals surface area contributed by atoms with Crippen molar-refractivity contribution in [1.29, 1.82) is 0 Å². The number of carbonyl (C=O) groups is 2. The molecule has 44 heavy (non-hydrogen) atoms. The number of halogens is 2. The standard InChI is InChI=1S/C35H42F2N2O3S.Li/c1-23-8-10-25(11-9-23)20-39(22-27-16-28(36)19-29(37)17-27)21-26-12-13-31(32(18-26)30-7-5-4-6-24(30)2)34(40)38-33(35(41)42)14-15-43-3;/h4-7,12-13,16-19,23,25,33H,8-11,14-15,20-22H2,1-3H3,(H,38,40)(H,41,42);/q;+1/p-1/t23?,25?,33-;/m0./s1. The molecule has 0 saturated heterocycles. The Morgan fingerprint density at radius 3 is 2.25 bits per heavy atom. The molecule has 1 amide bonds. The topological polar surface area (TPSA) is 72.5 Å². The molecule has 0 radical (unpaired) electrons. The van der Waals surface area contributed by atoms with Crippen LogP contribution in [0.5, 0.6) is 0 Å². The van der Waals surface area contributed by atoms with Crippen molar-refractivity contribution in [2.75, 3.05) is 18.6 Å². The first-order chi connectivity index (χ1) is 20.6. The average Bonchev–Trinajstić information content (AvgIpc) is 2.96. The smallest absolute Gasteiger partial charge is 0.548 e. The van der Waals surface area contributed by atoms with Gasteiger partial charge in [0.1, 0.15) is 11.6 Å². The average molecular weight is 615 g/mol. The Morgan fingerprint density at radius 1 is 0.955 bits per heavy atom. The van der Waals surface area contributed by atoms with Crippen LogP contribution in [0, 0.1) is 30.4 Å². The number of hydrogen-bond donors (Lipinski definition) is 1. The van der Waals surface area contributed by atoms with Gasteiger partial charge in [0, 0.05) is 31.3 Å². The number of aliphatic carboxylic acids is 1. The van der Waals surface area contributed by atoms with Gasteiger partial charge in [-0.2, -0.15) is 11.8 Å². The van der Waals surface area contributed by atoms with Gasteiger partial charge in [-0.05, 0) is 102 Å². The number of thioether (sulfide) groups is 1. The van der Waals surface area contributed by atoms with Crippen LogP contribution >= 0.6 is 11.8 Å². The summed E-state index contributed by atoms with van der Waals surface area (Å²) in [5.41, 5.74) is 4.48. The molecule has 230 valence electrons. The molecule has 0 unspecified atom stereocenters. The molecule has 1 atom stereocenters. The zero-order valence-corrected chi connectivity index (χ0v) is 27.0. The molecule has 0 aromatic heterocycles. The van der Waals surface area contributed by atoms with Crippen molar-refractivity contribution in [3.63, 3.8) is 0 Å². The number of carboxylic acid groups (broad SMARTS) is 1. The fraction of sp³-hybridized carbons (Fsp3) is 0.429. The monoisotopic (exact) mass is 614 g/mol. The Kier molecular flexibility index (Phi) is 14.0. The van der Waals surface area contributed by atoms with Crippen molar-refractivity contribution in [1.82, 2.24) is 10.2 Å². The minimum absolute atomic E-state index is 0. The number of carbonyl (C=O) groups excluding carboxylic acids is 2. The van der Waals surface area contributed by atoms with Crippen LogP contribution in [0.25, 0.3) is 11.1 Å². The summed E-state index contributed by atoms with van der Waals surface area (Å²) in [6.45, 7) is 5.98. The van der Waals surface area contributed by atoms with Gasteiger partial charge in [0.2, 0.25) is 0 Å². The molecule has 3 aromatic carbocycles. The fourth-order valence-corrected chi connectivity index (χ4v) is 6.46. The molecule has 4 rings (SSSR count). The Hall–Kier alpha value is -2.63. The van der Waals surface area contributed by atoms with Gasteiger partial charge in [0.15, 0.2) is 0 Å². The molecule has 5 nitrogen and oxygen atoms in total. The molecule has 0 spiro atoms. The summed E-state index contributed by atoms with van der Waals surface area (Å²) >= 11 is 1.51. The molecular weight excluding hydrogens is 573 g/mol. The zero-order chi connectivity index (χ0) is 30.9. The van der Waals surface area contributed by atoms with Gasteiger partial charge in [-0.1, -0.05) is 50.1 Å². The van der Waals surface area contributed by atoms with Crippen molar-refractivity contribution >= 4 is 23.6 Å². The Labute approximate surface area is 276 Å². The van der Waals surface area contributed by atoms with Crippen molar-refractivity contribution in [3.05, 3.63) is 94.6 Å². The van der Waals surface area contributed by atoms with E-state index in [1.807, 2.05) is 49.6 Å². The number of carboxylic acids is 1. The Bertz CT molecular complexity index is 1390. The molecular formula is C35H41F2LiN2O3S. The van der Waals surface area contributed by atoms with E-state index in [4.69, 9.17) is 0 Å². The van der Waals surface area contributed by atoms with Crippen LogP contribution in [-0.2, 0) is 17.9 Å². The second kappa shape index (κ2) is 17.2. The first-order valence-electron chi connectivity index (χ1n) is 15.0. The van der Waals surface area contributed by atoms with E-state index in [2.05, 4.69) is 17.1 Å². The van der Waals surface area contributed by atoms with E-state index in [-0.39, 0.29) is 25.3 Å². The molecule has 0 bridgehead atoms. The van der Waals surface area contributed by atoms with E-state index >= 15 is 0 Å². The number of nitrogens with zero attached hydrogens (tertiary/aromatic N) is 1. The molecule has 1 aliphatic carbocycles. The Balaban J connectivity index is 0.00000529. The van der Waals surface area contributed by atoms with E-state index in [0.29, 0.717) is 41.5 Å². The van der Waals surface area contributed by atoms with Crippen LogP contribution in [-0.4, -0.2) is 41.4 Å². The van der Waals surface area contributed by atoms with Crippen molar-refractivity contribution in [2.24, 2.45) is 11.8 Å². The maximum absolute atomic E-state index is 14.1. The number of benzene rings is 3. The quantitative estimate of drug-likeness (QED) is 0.299. The maximum Gasteiger partial charge on any atom is 1.00 e. The zero-order valence-electron chi connectivity index (χ0n) is 26.2. The summed E-state index contributed by atoms with van der Waals surface area (Å²) in [5.74, 6) is -1.17. The first kappa shape index (κ1) is 35.8. The van der Waals surface area contributed by atoms with Gasteiger partial charge in [-0.3, -0.25) is 9.69 Å². The normalized spacial score (nSPS) is 17.1. The first-order valence-corrected chi connectivity index (χ1v) is 16.4. The van der Waals surface area contributed by atoms with Crippen LogP contribution in [0.15, 0.2) is 60.7 Å². The third-order valence-corrected chi connectivity index (χ3v) is 8.99. The second-order valence-corrected chi connectivity index (χ2v) is 12.9. The SMILES string of the molecule is CSCC[C@H](NC(=O)c1ccc(CN(Cc2cc(F)cc(F)c2)CC2CCC(C)CC2)cc1-c1ccccc1C)C(=O)[O-].[Li+]. The van der Waals surface area contributed by atoms with Gasteiger partial charge in [-0.15, -0.1) is 0 Å². The summed E-state index contributed by atoms with van der Waals surface area (Å²) < 4.78 is 28.2. The van der Waals surface area contributed by atoms with E-state index in [9.17, 15) is 23.5 Å². The van der Waals surface area contributed by atoms with Crippen molar-refractivity contribution < 1.29 is 42.3 Å². The third-order valence-electron chi connectivity index (χ3n) is 8.35.